The van der Waals surface area contributed by atoms with Crippen molar-refractivity contribution in [2.24, 2.45) is 0 Å². The van der Waals surface area contributed by atoms with Crippen LogP contribution in [0.5, 0.6) is 0 Å². The highest BCUT2D eigenvalue weighted by atomic mass is 16.5. The van der Waals surface area contributed by atoms with Crippen molar-refractivity contribution in [3.8, 4) is 6.07 Å². The molecule has 1 aliphatic rings. The standard InChI is InChI=1S/C15H29N3O2/c1-4-5-14(10-16)18-8-6-17(7-9-18)11-15(19)12-20-13(2)3/h13-15,19H,4-9,11-12H2,1-3H3. The Morgan fingerprint density at radius 3 is 2.40 bits per heavy atom. The SMILES string of the molecule is CCCC(C#N)N1CCN(CC(O)COC(C)C)CC1. The third-order valence-electron chi connectivity index (χ3n) is 3.65. The van der Waals surface area contributed by atoms with Crippen molar-refractivity contribution in [1.82, 2.24) is 9.80 Å². The van der Waals surface area contributed by atoms with Crippen molar-refractivity contribution in [3.63, 3.8) is 0 Å². The lowest BCUT2D eigenvalue weighted by molar-refractivity contribution is -0.0157. The summed E-state index contributed by atoms with van der Waals surface area (Å²) < 4.78 is 5.42. The van der Waals surface area contributed by atoms with E-state index < -0.39 is 6.10 Å². The molecule has 1 fully saturated rings. The Hall–Kier alpha value is -0.670. The average molecular weight is 283 g/mol. The fourth-order valence-electron chi connectivity index (χ4n) is 2.51. The van der Waals surface area contributed by atoms with Gasteiger partial charge < -0.3 is 9.84 Å². The van der Waals surface area contributed by atoms with E-state index in [0.29, 0.717) is 13.2 Å². The molecule has 2 atom stereocenters. The van der Waals surface area contributed by atoms with Crippen LogP contribution in [0.3, 0.4) is 0 Å². The Balaban J connectivity index is 2.26. The second-order valence-electron chi connectivity index (χ2n) is 5.81. The highest BCUT2D eigenvalue weighted by Crippen LogP contribution is 2.11. The number of hydrogen-bond donors (Lipinski definition) is 1. The topological polar surface area (TPSA) is 59.7 Å². The molecule has 0 aliphatic carbocycles. The summed E-state index contributed by atoms with van der Waals surface area (Å²) in [7, 11) is 0. The summed E-state index contributed by atoms with van der Waals surface area (Å²) in [6.45, 7) is 10.8. The zero-order valence-electron chi connectivity index (χ0n) is 13.1. The van der Waals surface area contributed by atoms with E-state index in [9.17, 15) is 10.4 Å². The minimum atomic E-state index is -0.425. The van der Waals surface area contributed by atoms with E-state index in [2.05, 4.69) is 22.8 Å². The number of ether oxygens (including phenoxy) is 1. The monoisotopic (exact) mass is 283 g/mol. The molecule has 116 valence electrons. The smallest absolute Gasteiger partial charge is 0.0978 e. The number of rotatable bonds is 8. The lowest BCUT2D eigenvalue weighted by Crippen LogP contribution is -2.51. The van der Waals surface area contributed by atoms with Gasteiger partial charge in [-0.3, -0.25) is 9.80 Å². The fraction of sp³-hybridized carbons (Fsp3) is 0.933. The number of nitriles is 1. The molecule has 0 aromatic carbocycles. The number of nitrogens with zero attached hydrogens (tertiary/aromatic N) is 3. The fourth-order valence-corrected chi connectivity index (χ4v) is 2.51. The van der Waals surface area contributed by atoms with Gasteiger partial charge in [-0.1, -0.05) is 13.3 Å². The Labute approximate surface area is 123 Å². The molecule has 1 aliphatic heterocycles. The predicted octanol–water partition coefficient (Wildman–Crippen LogP) is 1.08. The minimum Gasteiger partial charge on any atom is -0.389 e. The van der Waals surface area contributed by atoms with Gasteiger partial charge in [0.05, 0.1) is 30.9 Å². The summed E-state index contributed by atoms with van der Waals surface area (Å²) >= 11 is 0. The van der Waals surface area contributed by atoms with Crippen LogP contribution in [0.25, 0.3) is 0 Å². The van der Waals surface area contributed by atoms with Crippen LogP contribution in [0.1, 0.15) is 33.6 Å². The summed E-state index contributed by atoms with van der Waals surface area (Å²) in [5, 5.41) is 19.1. The Morgan fingerprint density at radius 1 is 1.25 bits per heavy atom. The Morgan fingerprint density at radius 2 is 1.90 bits per heavy atom. The number of aliphatic hydroxyl groups excluding tert-OH is 1. The third-order valence-corrected chi connectivity index (χ3v) is 3.65. The van der Waals surface area contributed by atoms with Gasteiger partial charge in [-0.05, 0) is 20.3 Å². The summed E-state index contributed by atoms with van der Waals surface area (Å²) in [5.41, 5.74) is 0. The van der Waals surface area contributed by atoms with Crippen LogP contribution < -0.4 is 0 Å². The van der Waals surface area contributed by atoms with Gasteiger partial charge in [0, 0.05) is 32.7 Å². The molecule has 5 heteroatoms. The van der Waals surface area contributed by atoms with Crippen LogP contribution in [0.2, 0.25) is 0 Å². The van der Waals surface area contributed by atoms with Crippen molar-refractivity contribution in [3.05, 3.63) is 0 Å². The molecule has 1 saturated heterocycles. The van der Waals surface area contributed by atoms with Crippen molar-refractivity contribution in [1.29, 1.82) is 5.26 Å². The van der Waals surface area contributed by atoms with Crippen LogP contribution in [0, 0.1) is 11.3 Å². The first kappa shape index (κ1) is 17.4. The molecule has 0 bridgehead atoms. The van der Waals surface area contributed by atoms with Crippen molar-refractivity contribution < 1.29 is 9.84 Å². The molecular weight excluding hydrogens is 254 g/mol. The molecular formula is C15H29N3O2. The van der Waals surface area contributed by atoms with Crippen LogP contribution in [-0.4, -0.2) is 72.5 Å². The van der Waals surface area contributed by atoms with E-state index in [1.54, 1.807) is 0 Å². The van der Waals surface area contributed by atoms with E-state index in [4.69, 9.17) is 4.74 Å². The first-order chi connectivity index (χ1) is 9.56. The molecule has 20 heavy (non-hydrogen) atoms. The highest BCUT2D eigenvalue weighted by Gasteiger charge is 2.24. The maximum absolute atomic E-state index is 9.92. The highest BCUT2D eigenvalue weighted by molar-refractivity contribution is 4.93. The van der Waals surface area contributed by atoms with Crippen molar-refractivity contribution in [2.45, 2.75) is 51.9 Å². The first-order valence-corrected chi connectivity index (χ1v) is 7.72. The normalized spacial score (nSPS) is 20.8. The third kappa shape index (κ3) is 6.19. The molecule has 1 rings (SSSR count). The number of hydrogen-bond acceptors (Lipinski definition) is 5. The average Bonchev–Trinajstić information content (AvgIpc) is 2.43. The van der Waals surface area contributed by atoms with Gasteiger partial charge in [0.1, 0.15) is 0 Å². The molecule has 1 heterocycles. The van der Waals surface area contributed by atoms with Crippen LogP contribution in [0.4, 0.5) is 0 Å². The van der Waals surface area contributed by atoms with E-state index in [1.807, 2.05) is 13.8 Å². The van der Waals surface area contributed by atoms with E-state index in [0.717, 1.165) is 39.0 Å². The lowest BCUT2D eigenvalue weighted by atomic mass is 10.1. The molecule has 5 nitrogen and oxygen atoms in total. The Kier molecular flexibility index (Phi) is 8.08. The van der Waals surface area contributed by atoms with Gasteiger partial charge in [0.15, 0.2) is 0 Å². The van der Waals surface area contributed by atoms with Crippen LogP contribution in [0.15, 0.2) is 0 Å². The molecule has 0 aromatic heterocycles. The van der Waals surface area contributed by atoms with Crippen molar-refractivity contribution in [2.75, 3.05) is 39.3 Å². The first-order valence-electron chi connectivity index (χ1n) is 7.72. The van der Waals surface area contributed by atoms with Gasteiger partial charge in [-0.25, -0.2) is 0 Å². The molecule has 2 unspecified atom stereocenters. The van der Waals surface area contributed by atoms with Crippen LogP contribution >= 0.6 is 0 Å². The van der Waals surface area contributed by atoms with Gasteiger partial charge in [0.25, 0.3) is 0 Å². The van der Waals surface area contributed by atoms with Gasteiger partial charge in [0.2, 0.25) is 0 Å². The zero-order chi connectivity index (χ0) is 15.0. The van der Waals surface area contributed by atoms with Crippen molar-refractivity contribution >= 4 is 0 Å². The second-order valence-corrected chi connectivity index (χ2v) is 5.81. The molecule has 1 N–H and O–H groups in total. The quantitative estimate of drug-likeness (QED) is 0.722. The second kappa shape index (κ2) is 9.30. The van der Waals surface area contributed by atoms with Gasteiger partial charge >= 0.3 is 0 Å². The summed E-state index contributed by atoms with van der Waals surface area (Å²) in [6, 6.07) is 2.45. The molecule has 0 saturated carbocycles. The number of aliphatic hydroxyl groups is 1. The van der Waals surface area contributed by atoms with Gasteiger partial charge in [-0.15, -0.1) is 0 Å². The van der Waals surface area contributed by atoms with E-state index in [-0.39, 0.29) is 12.1 Å². The van der Waals surface area contributed by atoms with Gasteiger partial charge in [-0.2, -0.15) is 5.26 Å². The molecule has 0 amide bonds. The number of β-amino-alcohol motifs (C(OH)–C–C–N with tert-alkyl or cyclic N) is 1. The molecule has 0 spiro atoms. The summed E-state index contributed by atoms with van der Waals surface area (Å²) in [4.78, 5) is 4.52. The molecule has 0 aromatic rings. The Bertz CT molecular complexity index is 296. The maximum atomic E-state index is 9.92. The summed E-state index contributed by atoms with van der Waals surface area (Å²) in [5.74, 6) is 0. The van der Waals surface area contributed by atoms with Crippen LogP contribution in [-0.2, 0) is 4.74 Å². The van der Waals surface area contributed by atoms with E-state index in [1.165, 1.54) is 0 Å². The number of piperazine rings is 1. The van der Waals surface area contributed by atoms with E-state index >= 15 is 0 Å². The maximum Gasteiger partial charge on any atom is 0.0978 e. The molecule has 0 radical (unpaired) electrons. The lowest BCUT2D eigenvalue weighted by Gasteiger charge is -2.37. The predicted molar refractivity (Wildman–Crippen MR) is 79.4 cm³/mol. The largest absolute Gasteiger partial charge is 0.389 e. The minimum absolute atomic E-state index is 0.0522. The summed E-state index contributed by atoms with van der Waals surface area (Å²) in [6.07, 6.45) is 1.73. The zero-order valence-corrected chi connectivity index (χ0v) is 13.1.